The molecule has 0 spiro atoms. The fourth-order valence-corrected chi connectivity index (χ4v) is 4.56. The molecule has 3 aromatic rings. The van der Waals surface area contributed by atoms with Gasteiger partial charge in [-0.15, -0.1) is 0 Å². The van der Waals surface area contributed by atoms with E-state index < -0.39 is 0 Å². The van der Waals surface area contributed by atoms with Gasteiger partial charge in [0.2, 0.25) is 0 Å². The van der Waals surface area contributed by atoms with Gasteiger partial charge in [-0.1, -0.05) is 48.0 Å². The number of nitrogens with zero attached hydrogens (tertiary/aromatic N) is 5. The molecule has 1 aromatic heterocycles. The molecule has 30 heavy (non-hydrogen) atoms. The van der Waals surface area contributed by atoms with E-state index in [4.69, 9.17) is 28.9 Å². The first-order valence-electron chi connectivity index (χ1n) is 10.6. The second-order valence-corrected chi connectivity index (χ2v) is 9.01. The van der Waals surface area contributed by atoms with Crippen LogP contribution in [0.15, 0.2) is 54.6 Å². The van der Waals surface area contributed by atoms with Crippen LogP contribution in [0.25, 0.3) is 0 Å². The zero-order chi connectivity index (χ0) is 20.5. The summed E-state index contributed by atoms with van der Waals surface area (Å²) < 4.78 is 5.10. The quantitative estimate of drug-likeness (QED) is 0.517. The molecule has 1 saturated heterocycles. The molecule has 0 N–H and O–H groups in total. The van der Waals surface area contributed by atoms with Crippen LogP contribution < -0.4 is 4.90 Å². The predicted molar refractivity (Wildman–Crippen MR) is 124 cm³/mol. The van der Waals surface area contributed by atoms with Gasteiger partial charge in [0, 0.05) is 42.8 Å². The van der Waals surface area contributed by atoms with Crippen molar-refractivity contribution >= 4 is 29.5 Å². The van der Waals surface area contributed by atoms with E-state index in [0.29, 0.717) is 5.92 Å². The summed E-state index contributed by atoms with van der Waals surface area (Å²) in [6.07, 6.45) is 2.44. The van der Waals surface area contributed by atoms with Crippen LogP contribution in [-0.4, -0.2) is 45.4 Å². The average molecular weight is 440 g/mol. The van der Waals surface area contributed by atoms with Crippen LogP contribution in [-0.2, 0) is 13.2 Å². The summed E-state index contributed by atoms with van der Waals surface area (Å²) in [4.78, 5) is 4.83. The Labute approximate surface area is 187 Å². The predicted octanol–water partition coefficient (Wildman–Crippen LogP) is 4.77. The number of aromatic nitrogens is 3. The minimum absolute atomic E-state index is 0.566. The highest BCUT2D eigenvalue weighted by Gasteiger charge is 2.30. The molecule has 2 fully saturated rings. The third kappa shape index (κ3) is 4.31. The Morgan fingerprint density at radius 3 is 2.43 bits per heavy atom. The Hall–Kier alpha value is -2.15. The van der Waals surface area contributed by atoms with E-state index in [0.717, 1.165) is 55.0 Å². The fraction of sp³-hybridized carbons (Fsp3) is 0.391. The van der Waals surface area contributed by atoms with E-state index in [9.17, 15) is 0 Å². The SMILES string of the molecule is S=c1n(CN2CCN(c3cccc(Cl)c3)CC2)nc(C2CC2)n1Cc1ccccc1. The van der Waals surface area contributed by atoms with Crippen LogP contribution in [0.5, 0.6) is 0 Å². The molecule has 0 amide bonds. The Balaban J connectivity index is 1.29. The molecule has 156 valence electrons. The van der Waals surface area contributed by atoms with E-state index in [1.165, 1.54) is 24.1 Å². The molecule has 1 aliphatic heterocycles. The second-order valence-electron chi connectivity index (χ2n) is 8.21. The lowest BCUT2D eigenvalue weighted by Crippen LogP contribution is -2.47. The first-order chi connectivity index (χ1) is 14.7. The molecule has 1 aliphatic carbocycles. The topological polar surface area (TPSA) is 29.2 Å². The highest BCUT2D eigenvalue weighted by Crippen LogP contribution is 2.39. The van der Waals surface area contributed by atoms with Crippen molar-refractivity contribution in [3.05, 3.63) is 75.8 Å². The highest BCUT2D eigenvalue weighted by atomic mass is 35.5. The van der Waals surface area contributed by atoms with Crippen molar-refractivity contribution in [2.45, 2.75) is 32.0 Å². The molecule has 5 nitrogen and oxygen atoms in total. The maximum atomic E-state index is 6.16. The van der Waals surface area contributed by atoms with Gasteiger partial charge in [0.05, 0.1) is 13.2 Å². The van der Waals surface area contributed by atoms with Gasteiger partial charge in [0.25, 0.3) is 0 Å². The fourth-order valence-electron chi connectivity index (χ4n) is 4.12. The van der Waals surface area contributed by atoms with Gasteiger partial charge in [-0.25, -0.2) is 4.68 Å². The van der Waals surface area contributed by atoms with Crippen LogP contribution in [0, 0.1) is 4.77 Å². The number of hydrogen-bond donors (Lipinski definition) is 0. The molecule has 0 radical (unpaired) electrons. The maximum absolute atomic E-state index is 6.16. The van der Waals surface area contributed by atoms with Gasteiger partial charge >= 0.3 is 0 Å². The van der Waals surface area contributed by atoms with Gasteiger partial charge in [-0.05, 0) is 48.8 Å². The minimum Gasteiger partial charge on any atom is -0.369 e. The molecule has 5 rings (SSSR count). The standard InChI is InChI=1S/C23H26ClN5S/c24-20-7-4-8-21(15-20)27-13-11-26(12-14-27)17-29-23(30)28(22(25-29)19-9-10-19)16-18-5-2-1-3-6-18/h1-8,15,19H,9-14,16-17H2. The number of anilines is 1. The molecule has 0 bridgehead atoms. The third-order valence-corrected chi connectivity index (χ3v) is 6.62. The van der Waals surface area contributed by atoms with Crippen molar-refractivity contribution in [3.63, 3.8) is 0 Å². The number of hydrogen-bond acceptors (Lipinski definition) is 4. The summed E-state index contributed by atoms with van der Waals surface area (Å²) >= 11 is 12.0. The summed E-state index contributed by atoms with van der Waals surface area (Å²) in [6.45, 7) is 5.48. The molecule has 2 aromatic carbocycles. The summed E-state index contributed by atoms with van der Waals surface area (Å²) in [5.41, 5.74) is 2.46. The van der Waals surface area contributed by atoms with Crippen LogP contribution in [0.3, 0.4) is 0 Å². The minimum atomic E-state index is 0.566. The smallest absolute Gasteiger partial charge is 0.199 e. The third-order valence-electron chi connectivity index (χ3n) is 5.96. The number of rotatable bonds is 6. The molecular weight excluding hydrogens is 414 g/mol. The Bertz CT molecular complexity index is 1060. The molecule has 0 unspecified atom stereocenters. The Morgan fingerprint density at radius 2 is 1.73 bits per heavy atom. The van der Waals surface area contributed by atoms with Crippen LogP contribution in [0.4, 0.5) is 5.69 Å². The van der Waals surface area contributed by atoms with E-state index in [1.807, 2.05) is 22.9 Å². The molecule has 7 heteroatoms. The Morgan fingerprint density at radius 1 is 0.967 bits per heavy atom. The lowest BCUT2D eigenvalue weighted by atomic mass is 10.2. The zero-order valence-electron chi connectivity index (χ0n) is 17.0. The summed E-state index contributed by atoms with van der Waals surface area (Å²) in [6, 6.07) is 18.6. The first-order valence-corrected chi connectivity index (χ1v) is 11.4. The molecule has 1 saturated carbocycles. The zero-order valence-corrected chi connectivity index (χ0v) is 18.5. The van der Waals surface area contributed by atoms with Crippen molar-refractivity contribution in [2.75, 3.05) is 31.1 Å². The first kappa shape index (κ1) is 19.8. The summed E-state index contributed by atoms with van der Waals surface area (Å²) in [5.74, 6) is 1.72. The lowest BCUT2D eigenvalue weighted by molar-refractivity contribution is 0.194. The van der Waals surface area contributed by atoms with E-state index in [2.05, 4.69) is 50.8 Å². The number of benzene rings is 2. The van der Waals surface area contributed by atoms with Gasteiger partial charge in [-0.2, -0.15) is 5.10 Å². The van der Waals surface area contributed by atoms with Crippen LogP contribution in [0.1, 0.15) is 30.1 Å². The highest BCUT2D eigenvalue weighted by molar-refractivity contribution is 7.71. The summed E-state index contributed by atoms with van der Waals surface area (Å²) in [5, 5.41) is 5.74. The second kappa shape index (κ2) is 8.53. The van der Waals surface area contributed by atoms with Gasteiger partial charge in [0.15, 0.2) is 4.77 Å². The normalized spacial score (nSPS) is 17.4. The largest absolute Gasteiger partial charge is 0.369 e. The lowest BCUT2D eigenvalue weighted by Gasteiger charge is -2.35. The van der Waals surface area contributed by atoms with Crippen molar-refractivity contribution in [3.8, 4) is 0 Å². The van der Waals surface area contributed by atoms with E-state index >= 15 is 0 Å². The van der Waals surface area contributed by atoms with Gasteiger partial charge < -0.3 is 4.90 Å². The maximum Gasteiger partial charge on any atom is 0.199 e. The van der Waals surface area contributed by atoms with Crippen molar-refractivity contribution < 1.29 is 0 Å². The molecule has 2 heterocycles. The Kier molecular flexibility index (Phi) is 5.63. The molecular formula is C23H26ClN5S. The monoisotopic (exact) mass is 439 g/mol. The molecule has 0 atom stereocenters. The summed E-state index contributed by atoms with van der Waals surface area (Å²) in [7, 11) is 0. The molecule has 2 aliphatic rings. The van der Waals surface area contributed by atoms with Crippen LogP contribution in [0.2, 0.25) is 5.02 Å². The van der Waals surface area contributed by atoms with Crippen molar-refractivity contribution in [1.82, 2.24) is 19.2 Å². The van der Waals surface area contributed by atoms with Crippen LogP contribution >= 0.6 is 23.8 Å². The van der Waals surface area contributed by atoms with Gasteiger partial charge in [0.1, 0.15) is 5.82 Å². The van der Waals surface area contributed by atoms with E-state index in [-0.39, 0.29) is 0 Å². The van der Waals surface area contributed by atoms with Crippen molar-refractivity contribution in [2.24, 2.45) is 0 Å². The average Bonchev–Trinajstić information content (AvgIpc) is 3.57. The number of piperazine rings is 1. The van der Waals surface area contributed by atoms with Crippen molar-refractivity contribution in [1.29, 1.82) is 0 Å². The van der Waals surface area contributed by atoms with Gasteiger partial charge in [-0.3, -0.25) is 9.47 Å². The number of halogens is 1. The van der Waals surface area contributed by atoms with E-state index in [1.54, 1.807) is 0 Å².